The fourth-order valence-corrected chi connectivity index (χ4v) is 6.69. The van der Waals surface area contributed by atoms with Gasteiger partial charge >= 0.3 is 0 Å². The van der Waals surface area contributed by atoms with Crippen molar-refractivity contribution in [2.45, 2.75) is 72.1 Å². The van der Waals surface area contributed by atoms with Crippen LogP contribution in [0, 0.1) is 22.7 Å². The number of carbonyl (C=O) groups excluding carboxylic acids is 2. The highest BCUT2D eigenvalue weighted by molar-refractivity contribution is 6.48. The third kappa shape index (κ3) is 4.16. The van der Waals surface area contributed by atoms with Gasteiger partial charge < -0.3 is 10.4 Å². The molecule has 2 saturated carbocycles. The molecule has 0 heterocycles. The molecule has 4 rings (SSSR count). The molecule has 2 N–H and O–H groups in total. The number of nitrogens with one attached hydrogen (secondary N) is 1. The molecular formula is C28H37NO3. The number of hydrogen-bond donors (Lipinski definition) is 2. The molecule has 3 aliphatic rings. The van der Waals surface area contributed by atoms with Crippen LogP contribution in [0.15, 0.2) is 53.4 Å². The number of rotatable bonds is 6. The van der Waals surface area contributed by atoms with Gasteiger partial charge in [0.15, 0.2) is 0 Å². The quantitative estimate of drug-likeness (QED) is 0.445. The first-order chi connectivity index (χ1) is 15.2. The van der Waals surface area contributed by atoms with Crippen LogP contribution in [0.25, 0.3) is 0 Å². The second-order valence-electron chi connectivity index (χ2n) is 10.8. The summed E-state index contributed by atoms with van der Waals surface area (Å²) < 4.78 is 0. The maximum Gasteiger partial charge on any atom is 0.232 e. The van der Waals surface area contributed by atoms with Crippen LogP contribution in [0.3, 0.4) is 0 Å². The molecule has 0 amide bonds. The van der Waals surface area contributed by atoms with Crippen LogP contribution in [0.5, 0.6) is 0 Å². The average Bonchev–Trinajstić information content (AvgIpc) is 2.78. The van der Waals surface area contributed by atoms with Crippen LogP contribution in [0.2, 0.25) is 0 Å². The minimum atomic E-state index is -0.535. The van der Waals surface area contributed by atoms with Crippen molar-refractivity contribution >= 4 is 11.6 Å². The zero-order chi connectivity index (χ0) is 22.9. The van der Waals surface area contributed by atoms with Crippen LogP contribution >= 0.6 is 0 Å². The molecule has 3 aliphatic carbocycles. The van der Waals surface area contributed by atoms with E-state index in [4.69, 9.17) is 0 Å². The number of carbonyl (C=O) groups is 2. The smallest absolute Gasteiger partial charge is 0.232 e. The van der Waals surface area contributed by atoms with Gasteiger partial charge in [-0.25, -0.2) is 0 Å². The number of allylic oxidation sites excluding steroid dienone is 2. The molecule has 32 heavy (non-hydrogen) atoms. The topological polar surface area (TPSA) is 66.4 Å². The van der Waals surface area contributed by atoms with E-state index in [1.54, 1.807) is 0 Å². The van der Waals surface area contributed by atoms with Crippen molar-refractivity contribution in [3.63, 3.8) is 0 Å². The molecule has 1 aromatic carbocycles. The van der Waals surface area contributed by atoms with Crippen molar-refractivity contribution in [3.8, 4) is 0 Å². The van der Waals surface area contributed by atoms with Gasteiger partial charge in [0.2, 0.25) is 11.6 Å². The second-order valence-corrected chi connectivity index (χ2v) is 10.8. The van der Waals surface area contributed by atoms with E-state index < -0.39 is 11.6 Å². The highest BCUT2D eigenvalue weighted by Gasteiger charge is 2.53. The van der Waals surface area contributed by atoms with Crippen molar-refractivity contribution in [1.29, 1.82) is 0 Å². The minimum absolute atomic E-state index is 0.0285. The van der Waals surface area contributed by atoms with Gasteiger partial charge in [0.1, 0.15) is 5.76 Å². The minimum Gasteiger partial charge on any atom is -0.505 e. The summed E-state index contributed by atoms with van der Waals surface area (Å²) in [5.41, 5.74) is 2.08. The standard InChI is InChI=1S/C28H37NO3/c1-19-12-15-27(2)14-8-7-11-24(27)28(19,3)18-21-25(31)22(17-23(30)26(21)32)29-16-13-20-9-5-4-6-10-20/h4-6,9-10,17,19,24,29,31H,7-8,11-16,18H2,1-3H3. The lowest BCUT2D eigenvalue weighted by Gasteiger charge is -2.58. The predicted octanol–water partition coefficient (Wildman–Crippen LogP) is 5.69. The molecule has 4 nitrogen and oxygen atoms in total. The lowest BCUT2D eigenvalue weighted by atomic mass is 9.47. The number of hydrogen-bond acceptors (Lipinski definition) is 4. The third-order valence-electron chi connectivity index (χ3n) is 8.85. The summed E-state index contributed by atoms with van der Waals surface area (Å²) in [6.45, 7) is 7.59. The highest BCUT2D eigenvalue weighted by atomic mass is 16.3. The summed E-state index contributed by atoms with van der Waals surface area (Å²) in [5, 5.41) is 14.3. The fraction of sp³-hybridized carbons (Fsp3) is 0.571. The van der Waals surface area contributed by atoms with E-state index in [0.717, 1.165) is 12.8 Å². The number of aliphatic hydroxyl groups is 1. The Bertz CT molecular complexity index is 947. The Kier molecular flexibility index (Phi) is 6.33. The van der Waals surface area contributed by atoms with Gasteiger partial charge in [-0.15, -0.1) is 0 Å². The molecule has 4 heteroatoms. The van der Waals surface area contributed by atoms with Crippen LogP contribution in [-0.2, 0) is 16.0 Å². The molecule has 0 bridgehead atoms. The second kappa shape index (κ2) is 8.88. The molecule has 1 aromatic rings. The van der Waals surface area contributed by atoms with Crippen LogP contribution < -0.4 is 5.32 Å². The Morgan fingerprint density at radius 3 is 2.56 bits per heavy atom. The number of Topliss-reactive ketones (excluding diaryl/α,β-unsaturated/α-hetero) is 1. The van der Waals surface area contributed by atoms with Crippen molar-refractivity contribution in [1.82, 2.24) is 5.32 Å². The van der Waals surface area contributed by atoms with Crippen LogP contribution in [0.1, 0.15) is 71.3 Å². The van der Waals surface area contributed by atoms with E-state index in [1.165, 1.54) is 43.7 Å². The maximum absolute atomic E-state index is 12.9. The highest BCUT2D eigenvalue weighted by Crippen LogP contribution is 2.61. The van der Waals surface area contributed by atoms with Gasteiger partial charge in [-0.05, 0) is 66.8 Å². The molecule has 0 aliphatic heterocycles. The average molecular weight is 436 g/mol. The van der Waals surface area contributed by atoms with Gasteiger partial charge in [0, 0.05) is 18.2 Å². The Labute approximate surface area is 192 Å². The van der Waals surface area contributed by atoms with E-state index in [1.807, 2.05) is 18.2 Å². The number of benzene rings is 1. The first-order valence-corrected chi connectivity index (χ1v) is 12.3. The van der Waals surface area contributed by atoms with Gasteiger partial charge in [-0.1, -0.05) is 63.9 Å². The van der Waals surface area contributed by atoms with Crippen molar-refractivity contribution in [2.24, 2.45) is 22.7 Å². The largest absolute Gasteiger partial charge is 0.505 e. The lowest BCUT2D eigenvalue weighted by molar-refractivity contribution is -0.132. The fourth-order valence-electron chi connectivity index (χ4n) is 6.69. The van der Waals surface area contributed by atoms with E-state index in [0.29, 0.717) is 41.5 Å². The van der Waals surface area contributed by atoms with Crippen molar-refractivity contribution in [3.05, 3.63) is 59.0 Å². The summed E-state index contributed by atoms with van der Waals surface area (Å²) in [4.78, 5) is 25.5. The Morgan fingerprint density at radius 2 is 1.81 bits per heavy atom. The Balaban J connectivity index is 1.56. The summed E-state index contributed by atoms with van der Waals surface area (Å²) in [5.74, 6) is -0.136. The molecule has 172 valence electrons. The maximum atomic E-state index is 12.9. The Hall–Kier alpha value is -2.36. The Morgan fingerprint density at radius 1 is 1.06 bits per heavy atom. The zero-order valence-corrected chi connectivity index (χ0v) is 19.7. The van der Waals surface area contributed by atoms with Gasteiger partial charge in [-0.3, -0.25) is 9.59 Å². The van der Waals surface area contributed by atoms with Crippen LogP contribution in [-0.4, -0.2) is 23.2 Å². The van der Waals surface area contributed by atoms with Gasteiger partial charge in [0.05, 0.1) is 5.70 Å². The SMILES string of the molecule is CC1CCC2(C)CCCCC2C1(C)CC1=C(O)C(NCCc2ccccc2)=CC(=O)C1=O. The van der Waals surface area contributed by atoms with Gasteiger partial charge in [-0.2, -0.15) is 0 Å². The molecular weight excluding hydrogens is 398 g/mol. The van der Waals surface area contributed by atoms with E-state index in [9.17, 15) is 14.7 Å². The van der Waals surface area contributed by atoms with Crippen molar-refractivity contribution < 1.29 is 14.7 Å². The van der Waals surface area contributed by atoms with Gasteiger partial charge in [0.25, 0.3) is 0 Å². The number of ketones is 2. The summed E-state index contributed by atoms with van der Waals surface area (Å²) in [7, 11) is 0. The normalized spacial score (nSPS) is 33.0. The first-order valence-electron chi connectivity index (χ1n) is 12.3. The molecule has 2 fully saturated rings. The van der Waals surface area contributed by atoms with E-state index >= 15 is 0 Å². The molecule has 0 saturated heterocycles. The summed E-state index contributed by atoms with van der Waals surface area (Å²) in [6, 6.07) is 10.1. The third-order valence-corrected chi connectivity index (χ3v) is 8.85. The summed E-state index contributed by atoms with van der Waals surface area (Å²) >= 11 is 0. The first kappa shape index (κ1) is 22.8. The number of aliphatic hydroxyl groups excluding tert-OH is 1. The monoisotopic (exact) mass is 435 g/mol. The predicted molar refractivity (Wildman–Crippen MR) is 127 cm³/mol. The molecule has 4 unspecified atom stereocenters. The number of fused-ring (bicyclic) bond motifs is 1. The molecule has 0 radical (unpaired) electrons. The van der Waals surface area contributed by atoms with Crippen LogP contribution in [0.4, 0.5) is 0 Å². The molecule has 0 aromatic heterocycles. The molecule has 4 atom stereocenters. The van der Waals surface area contributed by atoms with Crippen molar-refractivity contribution in [2.75, 3.05) is 6.54 Å². The lowest BCUT2D eigenvalue weighted by Crippen LogP contribution is -2.50. The zero-order valence-electron chi connectivity index (χ0n) is 19.7. The van der Waals surface area contributed by atoms with E-state index in [2.05, 4.69) is 38.2 Å². The summed E-state index contributed by atoms with van der Waals surface area (Å²) in [6.07, 6.45) is 9.81. The molecule has 0 spiro atoms. The van der Waals surface area contributed by atoms with E-state index in [-0.39, 0.29) is 11.2 Å².